The average Bonchev–Trinajstić information content (AvgIpc) is 2.72. The molecule has 0 unspecified atom stereocenters. The van der Waals surface area contributed by atoms with Crippen LogP contribution in [0.1, 0.15) is 45.2 Å². The van der Waals surface area contributed by atoms with E-state index in [9.17, 15) is 0 Å². The second-order valence-corrected chi connectivity index (χ2v) is 6.89. The first-order valence-corrected chi connectivity index (χ1v) is 7.27. The third-order valence-corrected chi connectivity index (χ3v) is 4.02. The predicted octanol–water partition coefficient (Wildman–Crippen LogP) is 3.87. The maximum absolute atomic E-state index is 2.61. The van der Waals surface area contributed by atoms with Crippen molar-refractivity contribution in [2.45, 2.75) is 46.0 Å². The highest BCUT2D eigenvalue weighted by Gasteiger charge is 2.18. The Morgan fingerprint density at radius 1 is 1.28 bits per heavy atom. The molecule has 1 aromatic rings. The Labute approximate surface area is 112 Å². The molecule has 1 aliphatic heterocycles. The van der Waals surface area contributed by atoms with Gasteiger partial charge in [0.2, 0.25) is 0 Å². The van der Waals surface area contributed by atoms with Crippen molar-refractivity contribution in [1.82, 2.24) is 4.90 Å². The largest absolute Gasteiger partial charge is 0.303 e. The molecule has 1 saturated heterocycles. The molecule has 1 heteroatoms. The molecule has 1 atom stereocenters. The van der Waals surface area contributed by atoms with Crippen LogP contribution >= 0.6 is 0 Å². The lowest BCUT2D eigenvalue weighted by Crippen LogP contribution is -2.23. The SMILES string of the molecule is C[C@@H]1CCN(CCc2cccc(C(C)(C)C)c2)C1. The monoisotopic (exact) mass is 245 g/mol. The maximum Gasteiger partial charge on any atom is 0.00219 e. The Morgan fingerprint density at radius 2 is 2.06 bits per heavy atom. The molecule has 0 spiro atoms. The van der Waals surface area contributed by atoms with E-state index in [2.05, 4.69) is 56.9 Å². The summed E-state index contributed by atoms with van der Waals surface area (Å²) in [4.78, 5) is 2.61. The third kappa shape index (κ3) is 3.58. The molecule has 2 rings (SSSR count). The molecular weight excluding hydrogens is 218 g/mol. The van der Waals surface area contributed by atoms with E-state index in [1.54, 1.807) is 0 Å². The summed E-state index contributed by atoms with van der Waals surface area (Å²) in [6, 6.07) is 9.12. The van der Waals surface area contributed by atoms with Crippen LogP contribution in [-0.2, 0) is 11.8 Å². The summed E-state index contributed by atoms with van der Waals surface area (Å²) in [5.74, 6) is 0.894. The summed E-state index contributed by atoms with van der Waals surface area (Å²) in [7, 11) is 0. The van der Waals surface area contributed by atoms with Gasteiger partial charge >= 0.3 is 0 Å². The van der Waals surface area contributed by atoms with E-state index in [-0.39, 0.29) is 5.41 Å². The minimum atomic E-state index is 0.262. The normalized spacial score (nSPS) is 21.4. The zero-order valence-corrected chi connectivity index (χ0v) is 12.4. The first-order valence-electron chi connectivity index (χ1n) is 7.27. The zero-order valence-electron chi connectivity index (χ0n) is 12.4. The third-order valence-electron chi connectivity index (χ3n) is 4.02. The van der Waals surface area contributed by atoms with Gasteiger partial charge in [-0.25, -0.2) is 0 Å². The van der Waals surface area contributed by atoms with Crippen LogP contribution in [0, 0.1) is 5.92 Å². The number of rotatable bonds is 3. The molecular formula is C17H27N. The van der Waals surface area contributed by atoms with Crippen molar-refractivity contribution in [1.29, 1.82) is 0 Å². The molecule has 1 aliphatic rings. The lowest BCUT2D eigenvalue weighted by molar-refractivity contribution is 0.332. The van der Waals surface area contributed by atoms with E-state index in [4.69, 9.17) is 0 Å². The zero-order chi connectivity index (χ0) is 13.2. The van der Waals surface area contributed by atoms with E-state index in [0.717, 1.165) is 5.92 Å². The Morgan fingerprint density at radius 3 is 2.67 bits per heavy atom. The highest BCUT2D eigenvalue weighted by atomic mass is 15.1. The molecule has 100 valence electrons. The summed E-state index contributed by atoms with van der Waals surface area (Å²) >= 11 is 0. The lowest BCUT2D eigenvalue weighted by Gasteiger charge is -2.20. The van der Waals surface area contributed by atoms with Gasteiger partial charge in [-0.15, -0.1) is 0 Å². The summed E-state index contributed by atoms with van der Waals surface area (Å²) < 4.78 is 0. The molecule has 0 aromatic heterocycles. The van der Waals surface area contributed by atoms with Crippen molar-refractivity contribution in [3.05, 3.63) is 35.4 Å². The van der Waals surface area contributed by atoms with Gasteiger partial charge in [0.05, 0.1) is 0 Å². The van der Waals surface area contributed by atoms with E-state index in [1.165, 1.54) is 43.6 Å². The first-order chi connectivity index (χ1) is 8.45. The molecule has 0 saturated carbocycles. The van der Waals surface area contributed by atoms with Crippen molar-refractivity contribution >= 4 is 0 Å². The molecule has 1 heterocycles. The topological polar surface area (TPSA) is 3.24 Å². The fourth-order valence-corrected chi connectivity index (χ4v) is 2.71. The summed E-state index contributed by atoms with van der Waals surface area (Å²) in [5, 5.41) is 0. The van der Waals surface area contributed by atoms with Crippen molar-refractivity contribution in [2.75, 3.05) is 19.6 Å². The van der Waals surface area contributed by atoms with Crippen LogP contribution in [0.2, 0.25) is 0 Å². The van der Waals surface area contributed by atoms with Crippen molar-refractivity contribution in [3.63, 3.8) is 0 Å². The van der Waals surface area contributed by atoms with Crippen LogP contribution < -0.4 is 0 Å². The fourth-order valence-electron chi connectivity index (χ4n) is 2.71. The van der Waals surface area contributed by atoms with Crippen LogP contribution in [0.3, 0.4) is 0 Å². The summed E-state index contributed by atoms with van der Waals surface area (Å²) in [6.45, 7) is 13.0. The highest BCUT2D eigenvalue weighted by molar-refractivity contribution is 5.28. The van der Waals surface area contributed by atoms with Gasteiger partial charge in [-0.1, -0.05) is 52.0 Å². The van der Waals surface area contributed by atoms with Crippen LogP contribution in [0.5, 0.6) is 0 Å². The standard InChI is InChI=1S/C17H27N/c1-14-8-10-18(13-14)11-9-15-6-5-7-16(12-15)17(2,3)4/h5-7,12,14H,8-11,13H2,1-4H3/t14-/m1/s1. The van der Waals surface area contributed by atoms with Gasteiger partial charge in [0.1, 0.15) is 0 Å². The second-order valence-electron chi connectivity index (χ2n) is 6.89. The Hall–Kier alpha value is -0.820. The molecule has 0 bridgehead atoms. The molecule has 0 amide bonds. The van der Waals surface area contributed by atoms with E-state index in [1.807, 2.05) is 0 Å². The number of benzene rings is 1. The Balaban J connectivity index is 1.93. The smallest absolute Gasteiger partial charge is 0.00219 e. The number of hydrogen-bond donors (Lipinski definition) is 0. The fraction of sp³-hybridized carbons (Fsp3) is 0.647. The maximum atomic E-state index is 2.61. The summed E-state index contributed by atoms with van der Waals surface area (Å²) in [6.07, 6.45) is 2.57. The second kappa shape index (κ2) is 5.44. The quantitative estimate of drug-likeness (QED) is 0.781. The number of likely N-dealkylation sites (tertiary alicyclic amines) is 1. The minimum Gasteiger partial charge on any atom is -0.303 e. The molecule has 1 aromatic carbocycles. The van der Waals surface area contributed by atoms with Gasteiger partial charge in [0.15, 0.2) is 0 Å². The highest BCUT2D eigenvalue weighted by Crippen LogP contribution is 2.23. The van der Waals surface area contributed by atoms with Gasteiger partial charge in [-0.2, -0.15) is 0 Å². The first kappa shape index (κ1) is 13.6. The van der Waals surface area contributed by atoms with Gasteiger partial charge in [0, 0.05) is 13.1 Å². The predicted molar refractivity (Wildman–Crippen MR) is 79.1 cm³/mol. The molecule has 0 aliphatic carbocycles. The van der Waals surface area contributed by atoms with Crippen molar-refractivity contribution in [2.24, 2.45) is 5.92 Å². The van der Waals surface area contributed by atoms with Gasteiger partial charge in [-0.3, -0.25) is 0 Å². The van der Waals surface area contributed by atoms with Crippen LogP contribution in [0.25, 0.3) is 0 Å². The van der Waals surface area contributed by atoms with E-state index < -0.39 is 0 Å². The molecule has 18 heavy (non-hydrogen) atoms. The lowest BCUT2D eigenvalue weighted by atomic mass is 9.86. The van der Waals surface area contributed by atoms with Crippen molar-refractivity contribution in [3.8, 4) is 0 Å². The molecule has 0 radical (unpaired) electrons. The molecule has 0 N–H and O–H groups in total. The Bertz CT molecular complexity index is 389. The minimum absolute atomic E-state index is 0.262. The van der Waals surface area contributed by atoms with Gasteiger partial charge < -0.3 is 4.90 Å². The average molecular weight is 245 g/mol. The molecule has 1 nitrogen and oxygen atoms in total. The van der Waals surface area contributed by atoms with Crippen LogP contribution in [0.15, 0.2) is 24.3 Å². The Kier molecular flexibility index (Phi) is 4.11. The van der Waals surface area contributed by atoms with Crippen LogP contribution in [-0.4, -0.2) is 24.5 Å². The number of hydrogen-bond acceptors (Lipinski definition) is 1. The summed E-state index contributed by atoms with van der Waals surface area (Å²) in [5.41, 5.74) is 3.20. The van der Waals surface area contributed by atoms with Gasteiger partial charge in [0.25, 0.3) is 0 Å². The molecule has 1 fully saturated rings. The van der Waals surface area contributed by atoms with Gasteiger partial charge in [-0.05, 0) is 41.8 Å². The van der Waals surface area contributed by atoms with Crippen molar-refractivity contribution < 1.29 is 0 Å². The van der Waals surface area contributed by atoms with E-state index in [0.29, 0.717) is 0 Å². The van der Waals surface area contributed by atoms with Crippen LogP contribution in [0.4, 0.5) is 0 Å². The van der Waals surface area contributed by atoms with E-state index >= 15 is 0 Å². The number of nitrogens with zero attached hydrogens (tertiary/aromatic N) is 1.